The van der Waals surface area contributed by atoms with Gasteiger partial charge < -0.3 is 14.2 Å². The summed E-state index contributed by atoms with van der Waals surface area (Å²) < 4.78 is 16.6. The molecule has 0 aliphatic carbocycles. The maximum Gasteiger partial charge on any atom is 0.306 e. The molecule has 0 aliphatic rings. The van der Waals surface area contributed by atoms with Gasteiger partial charge in [0.25, 0.3) is 0 Å². The van der Waals surface area contributed by atoms with Gasteiger partial charge in [0, 0.05) is 19.3 Å². The van der Waals surface area contributed by atoms with Gasteiger partial charge >= 0.3 is 17.9 Å². The first-order valence-electron chi connectivity index (χ1n) is 24.0. The van der Waals surface area contributed by atoms with Crippen LogP contribution in [0, 0.1) is 0 Å². The summed E-state index contributed by atoms with van der Waals surface area (Å²) in [4.78, 5) is 37.8. The van der Waals surface area contributed by atoms with Gasteiger partial charge in [0.2, 0.25) is 0 Å². The summed E-state index contributed by atoms with van der Waals surface area (Å²) in [6.45, 7) is 6.25. The first-order chi connectivity index (χ1) is 29.5. The number of carbonyl (C=O) groups excluding carboxylic acids is 3. The minimum atomic E-state index is -0.832. The van der Waals surface area contributed by atoms with Crippen molar-refractivity contribution in [3.63, 3.8) is 0 Å². The zero-order chi connectivity index (χ0) is 43.7. The molecule has 6 nitrogen and oxygen atoms in total. The largest absolute Gasteiger partial charge is 0.462 e. The van der Waals surface area contributed by atoms with Gasteiger partial charge in [0.15, 0.2) is 6.10 Å². The summed E-state index contributed by atoms with van der Waals surface area (Å²) in [5.74, 6) is -1.05. The number of unbranched alkanes of at least 4 members (excludes halogenated alkanes) is 16. The fraction of sp³-hybridized carbons (Fsp3) is 0.611. The number of rotatable bonds is 41. The highest BCUT2D eigenvalue weighted by molar-refractivity contribution is 5.71. The zero-order valence-corrected chi connectivity index (χ0v) is 38.4. The van der Waals surface area contributed by atoms with Crippen LogP contribution in [0.2, 0.25) is 0 Å². The van der Waals surface area contributed by atoms with E-state index < -0.39 is 12.1 Å². The van der Waals surface area contributed by atoms with Gasteiger partial charge in [-0.25, -0.2) is 0 Å². The van der Waals surface area contributed by atoms with E-state index in [1.807, 2.05) is 54.7 Å². The maximum absolute atomic E-state index is 12.7. The summed E-state index contributed by atoms with van der Waals surface area (Å²) in [7, 11) is 0. The van der Waals surface area contributed by atoms with Crippen molar-refractivity contribution in [1.29, 1.82) is 0 Å². The van der Waals surface area contributed by atoms with Gasteiger partial charge in [0.05, 0.1) is 0 Å². The molecule has 0 N–H and O–H groups in total. The minimum Gasteiger partial charge on any atom is -0.462 e. The second-order valence-corrected chi connectivity index (χ2v) is 15.4. The molecular formula is C54H86O6. The van der Waals surface area contributed by atoms with Crippen molar-refractivity contribution in [1.82, 2.24) is 0 Å². The van der Waals surface area contributed by atoms with Crippen molar-refractivity contribution in [2.24, 2.45) is 0 Å². The van der Waals surface area contributed by atoms with Crippen molar-refractivity contribution in [3.8, 4) is 0 Å². The predicted molar refractivity (Wildman–Crippen MR) is 256 cm³/mol. The van der Waals surface area contributed by atoms with E-state index in [1.54, 1.807) is 0 Å². The number of esters is 3. The average molecular weight is 831 g/mol. The van der Waals surface area contributed by atoms with Crippen LogP contribution in [0.15, 0.2) is 109 Å². The maximum atomic E-state index is 12.7. The van der Waals surface area contributed by atoms with Gasteiger partial charge in [-0.15, -0.1) is 0 Å². The molecule has 0 bridgehead atoms. The Hall–Kier alpha value is -3.93. The predicted octanol–water partition coefficient (Wildman–Crippen LogP) is 15.6. The number of allylic oxidation sites excluding steroid dienone is 18. The van der Waals surface area contributed by atoms with Crippen LogP contribution in [0.3, 0.4) is 0 Å². The third-order valence-electron chi connectivity index (χ3n) is 9.62. The lowest BCUT2D eigenvalue weighted by atomic mass is 10.1. The number of hydrogen-bond acceptors (Lipinski definition) is 6. The third kappa shape index (κ3) is 45.2. The molecule has 0 saturated carbocycles. The molecule has 1 atom stereocenters. The summed E-state index contributed by atoms with van der Waals surface area (Å²) >= 11 is 0. The molecule has 0 saturated heterocycles. The highest BCUT2D eigenvalue weighted by Gasteiger charge is 2.19. The smallest absolute Gasteiger partial charge is 0.306 e. The molecule has 6 heteroatoms. The van der Waals surface area contributed by atoms with Crippen molar-refractivity contribution >= 4 is 17.9 Å². The van der Waals surface area contributed by atoms with Crippen molar-refractivity contribution in [2.45, 2.75) is 200 Å². The Bertz CT molecular complexity index is 1280. The Kier molecular flexibility index (Phi) is 44.6. The summed E-state index contributed by atoms with van der Waals surface area (Å²) in [6.07, 6.45) is 63.7. The van der Waals surface area contributed by atoms with Crippen molar-refractivity contribution in [2.75, 3.05) is 13.2 Å². The van der Waals surface area contributed by atoms with Gasteiger partial charge in [-0.1, -0.05) is 194 Å². The topological polar surface area (TPSA) is 78.9 Å². The van der Waals surface area contributed by atoms with Gasteiger partial charge in [-0.2, -0.15) is 0 Å². The lowest BCUT2D eigenvalue weighted by Crippen LogP contribution is -2.30. The van der Waals surface area contributed by atoms with E-state index in [0.29, 0.717) is 19.3 Å². The highest BCUT2D eigenvalue weighted by atomic mass is 16.6. The average Bonchev–Trinajstić information content (AvgIpc) is 3.24. The molecule has 0 aromatic rings. The van der Waals surface area contributed by atoms with E-state index in [9.17, 15) is 14.4 Å². The molecule has 0 fully saturated rings. The van der Waals surface area contributed by atoms with Crippen LogP contribution in [0.25, 0.3) is 0 Å². The van der Waals surface area contributed by atoms with Crippen molar-refractivity contribution in [3.05, 3.63) is 109 Å². The summed E-state index contributed by atoms with van der Waals surface area (Å²) in [5, 5.41) is 0. The summed E-state index contributed by atoms with van der Waals surface area (Å²) in [5.41, 5.74) is 0. The molecule has 0 radical (unpaired) electrons. The molecule has 338 valence electrons. The van der Waals surface area contributed by atoms with Gasteiger partial charge in [-0.05, 0) is 89.9 Å². The van der Waals surface area contributed by atoms with Crippen molar-refractivity contribution < 1.29 is 28.6 Å². The first kappa shape index (κ1) is 56.1. The Balaban J connectivity index is 4.53. The first-order valence-corrected chi connectivity index (χ1v) is 24.0. The fourth-order valence-electron chi connectivity index (χ4n) is 6.07. The molecule has 0 heterocycles. The number of hydrogen-bond donors (Lipinski definition) is 0. The van der Waals surface area contributed by atoms with Crippen LogP contribution in [-0.4, -0.2) is 37.2 Å². The molecule has 0 aromatic carbocycles. The fourth-order valence-corrected chi connectivity index (χ4v) is 6.07. The van der Waals surface area contributed by atoms with E-state index in [0.717, 1.165) is 64.2 Å². The Morgan fingerprint density at radius 3 is 1.30 bits per heavy atom. The lowest BCUT2D eigenvalue weighted by molar-refractivity contribution is -0.167. The quantitative estimate of drug-likeness (QED) is 0.0201. The van der Waals surface area contributed by atoms with E-state index in [2.05, 4.69) is 75.5 Å². The van der Waals surface area contributed by atoms with Crippen LogP contribution < -0.4 is 0 Å². The van der Waals surface area contributed by atoms with E-state index in [1.165, 1.54) is 77.0 Å². The van der Waals surface area contributed by atoms with E-state index >= 15 is 0 Å². The van der Waals surface area contributed by atoms with Crippen LogP contribution in [0.1, 0.15) is 194 Å². The molecular weight excluding hydrogens is 745 g/mol. The SMILES string of the molecule is CC\C=C/C=C\C=C/C=C\C=C/CCCC(=O)OC(COC(=O)CCCC/C=C\C/C=C\C/C=C\CC)COC(=O)CCCCCCCCC/C=C\CCCCCCCC. The van der Waals surface area contributed by atoms with E-state index in [-0.39, 0.29) is 38.0 Å². The highest BCUT2D eigenvalue weighted by Crippen LogP contribution is 2.13. The second kappa shape index (κ2) is 47.7. The normalized spacial score (nSPS) is 13.1. The monoisotopic (exact) mass is 831 g/mol. The molecule has 60 heavy (non-hydrogen) atoms. The molecule has 0 amide bonds. The Labute approximate surface area is 368 Å². The molecule has 1 unspecified atom stereocenters. The molecule has 0 spiro atoms. The lowest BCUT2D eigenvalue weighted by Gasteiger charge is -2.18. The van der Waals surface area contributed by atoms with Crippen LogP contribution in [-0.2, 0) is 28.6 Å². The second-order valence-electron chi connectivity index (χ2n) is 15.4. The zero-order valence-electron chi connectivity index (χ0n) is 38.4. The number of carbonyl (C=O) groups is 3. The third-order valence-corrected chi connectivity index (χ3v) is 9.62. The van der Waals surface area contributed by atoms with Gasteiger partial charge in [-0.3, -0.25) is 14.4 Å². The molecule has 0 aromatic heterocycles. The standard InChI is InChI=1S/C54H86O6/c1-4-7-10-13-16-19-22-25-26-27-28-30-32-35-38-41-44-47-53(56)59-50-51(49-58-52(55)46-43-40-37-34-31-24-21-18-15-12-9-6-3)60-54(57)48-45-42-39-36-33-29-23-20-17-14-11-8-5-2/h8-9,11-12,14,17-18,20-21,23,25-26,29,31,33-34,36,39,51H,4-7,10,13,15-16,19,22,24,27-28,30,32,35,37-38,40-50H2,1-3H3/b11-8-,12-9-,17-14-,21-18-,23-20-,26-25-,33-29-,34-31-,39-36-. The Morgan fingerprint density at radius 1 is 0.367 bits per heavy atom. The van der Waals surface area contributed by atoms with Crippen LogP contribution in [0.4, 0.5) is 0 Å². The van der Waals surface area contributed by atoms with Crippen LogP contribution in [0.5, 0.6) is 0 Å². The molecule has 0 aliphatic heterocycles. The molecule has 0 rings (SSSR count). The van der Waals surface area contributed by atoms with Gasteiger partial charge in [0.1, 0.15) is 13.2 Å². The summed E-state index contributed by atoms with van der Waals surface area (Å²) in [6, 6.07) is 0. The Morgan fingerprint density at radius 2 is 0.750 bits per heavy atom. The minimum absolute atomic E-state index is 0.123. The van der Waals surface area contributed by atoms with E-state index in [4.69, 9.17) is 14.2 Å². The van der Waals surface area contributed by atoms with Crippen LogP contribution >= 0.6 is 0 Å². The number of ether oxygens (including phenoxy) is 3.